The van der Waals surface area contributed by atoms with E-state index >= 15 is 0 Å². The van der Waals surface area contributed by atoms with Crippen molar-refractivity contribution in [2.75, 3.05) is 11.5 Å². The summed E-state index contributed by atoms with van der Waals surface area (Å²) in [4.78, 5) is 13.6. The number of nitrogens with zero attached hydrogens (tertiary/aromatic N) is 1. The first kappa shape index (κ1) is 10.9. The normalized spacial score (nSPS) is 14.3. The van der Waals surface area contributed by atoms with Gasteiger partial charge in [-0.2, -0.15) is 0 Å². The van der Waals surface area contributed by atoms with Crippen LogP contribution in [0.5, 0.6) is 5.75 Å². The average molecular weight is 243 g/mol. The Hall–Kier alpha value is -2.23. The van der Waals surface area contributed by atoms with Gasteiger partial charge in [-0.15, -0.1) is 0 Å². The molecule has 18 heavy (non-hydrogen) atoms. The van der Waals surface area contributed by atoms with Crippen molar-refractivity contribution in [3.05, 3.63) is 47.9 Å². The van der Waals surface area contributed by atoms with E-state index in [1.807, 2.05) is 37.3 Å². The van der Waals surface area contributed by atoms with E-state index in [0.717, 1.165) is 22.8 Å². The molecule has 2 heterocycles. The molecule has 0 radical (unpaired) electrons. The van der Waals surface area contributed by atoms with Crippen molar-refractivity contribution in [2.45, 2.75) is 13.5 Å². The second-order valence-electron chi connectivity index (χ2n) is 4.32. The molecule has 2 aromatic rings. The number of aryl methyl sites for hydroxylation is 1. The number of fused-ring (bicyclic) bond motifs is 1. The van der Waals surface area contributed by atoms with Crippen molar-refractivity contribution in [3.63, 3.8) is 0 Å². The summed E-state index contributed by atoms with van der Waals surface area (Å²) in [6.07, 6.45) is 1.61. The first-order chi connectivity index (χ1) is 8.74. The predicted octanol–water partition coefficient (Wildman–Crippen LogP) is 2.51. The van der Waals surface area contributed by atoms with Crippen LogP contribution in [0.2, 0.25) is 0 Å². The Morgan fingerprint density at radius 2 is 2.22 bits per heavy atom. The van der Waals surface area contributed by atoms with Gasteiger partial charge in [-0.05, 0) is 36.8 Å². The van der Waals surface area contributed by atoms with Crippen molar-refractivity contribution >= 4 is 11.6 Å². The highest BCUT2D eigenvalue weighted by Gasteiger charge is 2.26. The van der Waals surface area contributed by atoms with Crippen molar-refractivity contribution in [3.8, 4) is 5.75 Å². The molecule has 1 aliphatic rings. The monoisotopic (exact) mass is 243 g/mol. The van der Waals surface area contributed by atoms with E-state index in [-0.39, 0.29) is 12.5 Å². The summed E-state index contributed by atoms with van der Waals surface area (Å²) in [5, 5.41) is 0. The van der Waals surface area contributed by atoms with E-state index in [9.17, 15) is 4.79 Å². The predicted molar refractivity (Wildman–Crippen MR) is 66.6 cm³/mol. The Balaban J connectivity index is 1.96. The molecule has 0 unspecified atom stereocenters. The highest BCUT2D eigenvalue weighted by molar-refractivity contribution is 5.97. The minimum Gasteiger partial charge on any atom is -0.482 e. The molecule has 1 aromatic heterocycles. The highest BCUT2D eigenvalue weighted by atomic mass is 16.5. The van der Waals surface area contributed by atoms with Gasteiger partial charge in [0.15, 0.2) is 6.61 Å². The van der Waals surface area contributed by atoms with Crippen LogP contribution < -0.4 is 9.64 Å². The Kier molecular flexibility index (Phi) is 2.55. The van der Waals surface area contributed by atoms with E-state index in [4.69, 9.17) is 9.15 Å². The third-order valence-electron chi connectivity index (χ3n) is 2.95. The summed E-state index contributed by atoms with van der Waals surface area (Å²) in [5.41, 5.74) is 1.91. The smallest absolute Gasteiger partial charge is 0.265 e. The van der Waals surface area contributed by atoms with Crippen LogP contribution in [0.4, 0.5) is 5.69 Å². The fourth-order valence-corrected chi connectivity index (χ4v) is 2.04. The average Bonchev–Trinajstić information content (AvgIpc) is 2.86. The zero-order valence-electron chi connectivity index (χ0n) is 10.1. The number of hydrogen-bond donors (Lipinski definition) is 0. The number of ether oxygens (including phenoxy) is 1. The number of rotatable bonds is 2. The van der Waals surface area contributed by atoms with Gasteiger partial charge in [0.1, 0.15) is 11.5 Å². The van der Waals surface area contributed by atoms with Gasteiger partial charge in [0, 0.05) is 0 Å². The third kappa shape index (κ3) is 1.86. The van der Waals surface area contributed by atoms with Crippen LogP contribution in [-0.4, -0.2) is 12.5 Å². The summed E-state index contributed by atoms with van der Waals surface area (Å²) < 4.78 is 10.7. The van der Waals surface area contributed by atoms with Crippen LogP contribution in [0, 0.1) is 6.92 Å². The number of amides is 1. The van der Waals surface area contributed by atoms with Crippen molar-refractivity contribution in [1.29, 1.82) is 0 Å². The van der Waals surface area contributed by atoms with Gasteiger partial charge in [-0.25, -0.2) is 0 Å². The first-order valence-corrected chi connectivity index (χ1v) is 5.80. The summed E-state index contributed by atoms with van der Waals surface area (Å²) in [6.45, 7) is 2.51. The van der Waals surface area contributed by atoms with E-state index < -0.39 is 0 Å². The van der Waals surface area contributed by atoms with Crippen LogP contribution in [0.25, 0.3) is 0 Å². The van der Waals surface area contributed by atoms with Gasteiger partial charge in [0.25, 0.3) is 5.91 Å². The minimum atomic E-state index is -0.0530. The van der Waals surface area contributed by atoms with Crippen molar-refractivity contribution in [1.82, 2.24) is 0 Å². The molecule has 0 fully saturated rings. The molecule has 0 bridgehead atoms. The molecule has 3 rings (SSSR count). The van der Waals surface area contributed by atoms with Gasteiger partial charge >= 0.3 is 0 Å². The third-order valence-corrected chi connectivity index (χ3v) is 2.95. The lowest BCUT2D eigenvalue weighted by molar-refractivity contribution is -0.121. The van der Waals surface area contributed by atoms with E-state index in [2.05, 4.69) is 0 Å². The lowest BCUT2D eigenvalue weighted by Crippen LogP contribution is -2.38. The topological polar surface area (TPSA) is 42.7 Å². The van der Waals surface area contributed by atoms with Gasteiger partial charge < -0.3 is 9.15 Å². The maximum Gasteiger partial charge on any atom is 0.265 e. The Bertz CT molecular complexity index is 575. The SMILES string of the molecule is Cc1ccc2c(c1)OCC(=O)N2Cc1ccco1. The summed E-state index contributed by atoms with van der Waals surface area (Å²) in [7, 11) is 0. The molecule has 0 spiro atoms. The number of hydrogen-bond acceptors (Lipinski definition) is 3. The quantitative estimate of drug-likeness (QED) is 0.814. The lowest BCUT2D eigenvalue weighted by Gasteiger charge is -2.28. The molecule has 4 nitrogen and oxygen atoms in total. The zero-order chi connectivity index (χ0) is 12.5. The number of benzene rings is 1. The highest BCUT2D eigenvalue weighted by Crippen LogP contribution is 2.33. The molecule has 1 amide bonds. The molecular formula is C14H13NO3. The minimum absolute atomic E-state index is 0.0530. The van der Waals surface area contributed by atoms with Crippen LogP contribution in [0.3, 0.4) is 0 Å². The van der Waals surface area contributed by atoms with Crippen molar-refractivity contribution in [2.24, 2.45) is 0 Å². The molecule has 0 saturated carbocycles. The van der Waals surface area contributed by atoms with E-state index in [1.54, 1.807) is 11.2 Å². The number of carbonyl (C=O) groups excluding carboxylic acids is 1. The van der Waals surface area contributed by atoms with Gasteiger partial charge in [0.05, 0.1) is 18.5 Å². The molecule has 4 heteroatoms. The number of anilines is 1. The molecule has 0 N–H and O–H groups in total. The van der Waals surface area contributed by atoms with Crippen LogP contribution in [-0.2, 0) is 11.3 Å². The van der Waals surface area contributed by atoms with Gasteiger partial charge in [-0.1, -0.05) is 6.07 Å². The molecule has 0 aliphatic carbocycles. The second-order valence-corrected chi connectivity index (χ2v) is 4.32. The fourth-order valence-electron chi connectivity index (χ4n) is 2.04. The van der Waals surface area contributed by atoms with Gasteiger partial charge in [0.2, 0.25) is 0 Å². The van der Waals surface area contributed by atoms with E-state index in [1.165, 1.54) is 0 Å². The van der Waals surface area contributed by atoms with Crippen LogP contribution in [0.1, 0.15) is 11.3 Å². The summed E-state index contributed by atoms with van der Waals surface area (Å²) in [5.74, 6) is 1.46. The number of furan rings is 1. The lowest BCUT2D eigenvalue weighted by atomic mass is 10.1. The maximum absolute atomic E-state index is 11.9. The fraction of sp³-hybridized carbons (Fsp3) is 0.214. The Morgan fingerprint density at radius 3 is 3.00 bits per heavy atom. The molecule has 1 aromatic carbocycles. The molecular weight excluding hydrogens is 230 g/mol. The van der Waals surface area contributed by atoms with Crippen LogP contribution in [0.15, 0.2) is 41.0 Å². The Labute approximate surface area is 105 Å². The molecule has 0 atom stereocenters. The van der Waals surface area contributed by atoms with Gasteiger partial charge in [-0.3, -0.25) is 9.69 Å². The van der Waals surface area contributed by atoms with E-state index in [0.29, 0.717) is 6.54 Å². The first-order valence-electron chi connectivity index (χ1n) is 5.80. The standard InChI is InChI=1S/C14H13NO3/c1-10-4-5-12-13(7-10)18-9-14(16)15(12)8-11-3-2-6-17-11/h2-7H,8-9H2,1H3. The molecule has 92 valence electrons. The molecule has 0 saturated heterocycles. The largest absolute Gasteiger partial charge is 0.482 e. The van der Waals surface area contributed by atoms with Crippen LogP contribution >= 0.6 is 0 Å². The summed E-state index contributed by atoms with van der Waals surface area (Å²) >= 11 is 0. The Morgan fingerprint density at radius 1 is 1.33 bits per heavy atom. The number of carbonyl (C=O) groups is 1. The van der Waals surface area contributed by atoms with Crippen molar-refractivity contribution < 1.29 is 13.9 Å². The molecule has 1 aliphatic heterocycles. The zero-order valence-corrected chi connectivity index (χ0v) is 10.1. The maximum atomic E-state index is 11.9. The second kappa shape index (κ2) is 4.22. The summed E-state index contributed by atoms with van der Waals surface area (Å²) in [6, 6.07) is 9.49.